The van der Waals surface area contributed by atoms with Gasteiger partial charge in [-0.25, -0.2) is 4.39 Å². The van der Waals surface area contributed by atoms with Crippen LogP contribution in [0.4, 0.5) is 15.8 Å². The summed E-state index contributed by atoms with van der Waals surface area (Å²) in [6.07, 6.45) is 2.12. The van der Waals surface area contributed by atoms with Crippen LogP contribution in [0, 0.1) is 18.7 Å². The Kier molecular flexibility index (Phi) is 3.66. The van der Waals surface area contributed by atoms with Crippen LogP contribution in [-0.4, -0.2) is 19.5 Å². The first-order chi connectivity index (χ1) is 10.8. The van der Waals surface area contributed by atoms with Crippen LogP contribution in [0.2, 0.25) is 0 Å². The highest BCUT2D eigenvalue weighted by molar-refractivity contribution is 5.80. The lowest BCUT2D eigenvalue weighted by atomic mass is 9.93. The van der Waals surface area contributed by atoms with Gasteiger partial charge in [-0.2, -0.15) is 0 Å². The van der Waals surface area contributed by atoms with Crippen molar-refractivity contribution in [2.75, 3.05) is 23.4 Å². The molecule has 1 unspecified atom stereocenters. The number of primary amides is 1. The molecule has 4 nitrogen and oxygen atoms in total. The van der Waals surface area contributed by atoms with Crippen LogP contribution in [0.5, 0.6) is 0 Å². The van der Waals surface area contributed by atoms with Crippen molar-refractivity contribution in [3.63, 3.8) is 0 Å². The molecule has 3 rings (SSSR count). The number of amides is 1. The van der Waals surface area contributed by atoms with Gasteiger partial charge in [0, 0.05) is 37.1 Å². The zero-order valence-corrected chi connectivity index (χ0v) is 13.7. The lowest BCUT2D eigenvalue weighted by Crippen LogP contribution is -2.28. The summed E-state index contributed by atoms with van der Waals surface area (Å²) in [6, 6.07) is 1.54. The van der Waals surface area contributed by atoms with E-state index in [9.17, 15) is 9.18 Å². The zero-order valence-electron chi connectivity index (χ0n) is 13.7. The van der Waals surface area contributed by atoms with E-state index in [0.29, 0.717) is 18.7 Å². The zero-order chi connectivity index (χ0) is 16.9. The maximum Gasteiger partial charge on any atom is 0.222 e. The van der Waals surface area contributed by atoms with Gasteiger partial charge in [0.25, 0.3) is 0 Å². The Morgan fingerprint density at radius 2 is 2.04 bits per heavy atom. The Labute approximate surface area is 136 Å². The predicted octanol–water partition coefficient (Wildman–Crippen LogP) is 2.86. The van der Waals surface area contributed by atoms with Gasteiger partial charge in [0.2, 0.25) is 5.91 Å². The number of carbonyl (C=O) groups is 1. The second kappa shape index (κ2) is 5.41. The molecule has 5 heteroatoms. The summed E-state index contributed by atoms with van der Waals surface area (Å²) >= 11 is 0. The van der Waals surface area contributed by atoms with Crippen LogP contribution >= 0.6 is 0 Å². The van der Waals surface area contributed by atoms with E-state index in [1.165, 1.54) is 6.07 Å². The van der Waals surface area contributed by atoms with E-state index in [-0.39, 0.29) is 17.6 Å². The topological polar surface area (TPSA) is 49.6 Å². The quantitative estimate of drug-likeness (QED) is 0.913. The number of allylic oxidation sites excluding steroid dienone is 2. The summed E-state index contributed by atoms with van der Waals surface area (Å²) in [5, 5.41) is 0. The van der Waals surface area contributed by atoms with Gasteiger partial charge in [-0.1, -0.05) is 13.2 Å². The average Bonchev–Trinajstić information content (AvgIpc) is 2.88. The van der Waals surface area contributed by atoms with Crippen molar-refractivity contribution in [3.8, 4) is 0 Å². The minimum Gasteiger partial charge on any atom is -0.369 e. The van der Waals surface area contributed by atoms with E-state index in [4.69, 9.17) is 5.73 Å². The molecule has 0 radical (unpaired) electrons. The summed E-state index contributed by atoms with van der Waals surface area (Å²) < 4.78 is 14.7. The summed E-state index contributed by atoms with van der Waals surface area (Å²) in [7, 11) is 1.85. The summed E-state index contributed by atoms with van der Waals surface area (Å²) in [4.78, 5) is 15.2. The molecule has 1 saturated heterocycles. The monoisotopic (exact) mass is 315 g/mol. The van der Waals surface area contributed by atoms with Crippen LogP contribution in [0.25, 0.3) is 0 Å². The standard InChI is InChI=1S/C18H22FN3O/c1-10-5-6-14-12(3)16(8-15(19)17(14)21(10)4)22-9-13(18(20)23)7-11(22)2/h8,13H,1-2,5-7,9H2,3-4H3,(H2,20,23). The summed E-state index contributed by atoms with van der Waals surface area (Å²) in [6.45, 7) is 10.5. The number of anilines is 2. The van der Waals surface area contributed by atoms with Crippen molar-refractivity contribution in [2.45, 2.75) is 26.2 Å². The van der Waals surface area contributed by atoms with E-state index < -0.39 is 0 Å². The Balaban J connectivity index is 2.06. The fourth-order valence-electron chi connectivity index (χ4n) is 3.58. The van der Waals surface area contributed by atoms with Gasteiger partial charge in [-0.3, -0.25) is 4.79 Å². The number of fused-ring (bicyclic) bond motifs is 1. The number of carbonyl (C=O) groups excluding carboxylic acids is 1. The maximum atomic E-state index is 14.7. The molecule has 2 heterocycles. The van der Waals surface area contributed by atoms with Crippen molar-refractivity contribution >= 4 is 17.3 Å². The third-order valence-corrected chi connectivity index (χ3v) is 5.05. The molecule has 1 fully saturated rings. The van der Waals surface area contributed by atoms with Crippen molar-refractivity contribution in [2.24, 2.45) is 11.7 Å². The molecule has 122 valence electrons. The molecule has 2 aliphatic rings. The first-order valence-electron chi connectivity index (χ1n) is 7.79. The van der Waals surface area contributed by atoms with E-state index in [1.54, 1.807) is 0 Å². The molecule has 2 aliphatic heterocycles. The molecular formula is C18H22FN3O. The molecule has 23 heavy (non-hydrogen) atoms. The van der Waals surface area contributed by atoms with Gasteiger partial charge in [-0.15, -0.1) is 0 Å². The third-order valence-electron chi connectivity index (χ3n) is 5.05. The number of halogens is 1. The third kappa shape index (κ3) is 2.40. The lowest BCUT2D eigenvalue weighted by molar-refractivity contribution is -0.121. The van der Waals surface area contributed by atoms with Crippen LogP contribution in [0.15, 0.2) is 30.6 Å². The fraction of sp³-hybridized carbons (Fsp3) is 0.389. The molecule has 0 aromatic heterocycles. The Morgan fingerprint density at radius 3 is 2.65 bits per heavy atom. The highest BCUT2D eigenvalue weighted by Gasteiger charge is 2.33. The maximum absolute atomic E-state index is 14.7. The molecule has 1 aromatic carbocycles. The van der Waals surface area contributed by atoms with Crippen molar-refractivity contribution < 1.29 is 9.18 Å². The van der Waals surface area contributed by atoms with Crippen LogP contribution in [0.3, 0.4) is 0 Å². The Morgan fingerprint density at radius 1 is 1.35 bits per heavy atom. The van der Waals surface area contributed by atoms with Gasteiger partial charge in [0.15, 0.2) is 0 Å². The molecule has 0 bridgehead atoms. The van der Waals surface area contributed by atoms with E-state index in [1.807, 2.05) is 23.8 Å². The first-order valence-corrected chi connectivity index (χ1v) is 7.79. The number of rotatable bonds is 2. The van der Waals surface area contributed by atoms with Gasteiger partial charge in [-0.05, 0) is 37.0 Å². The summed E-state index contributed by atoms with van der Waals surface area (Å²) in [5.41, 5.74) is 10.6. The first kappa shape index (κ1) is 15.6. The average molecular weight is 315 g/mol. The summed E-state index contributed by atoms with van der Waals surface area (Å²) in [5.74, 6) is -0.858. The number of hydrogen-bond acceptors (Lipinski definition) is 3. The van der Waals surface area contributed by atoms with Gasteiger partial charge in [0.05, 0.1) is 11.6 Å². The van der Waals surface area contributed by atoms with Crippen molar-refractivity contribution in [1.29, 1.82) is 0 Å². The van der Waals surface area contributed by atoms with Crippen LogP contribution in [-0.2, 0) is 11.2 Å². The minimum absolute atomic E-state index is 0.261. The van der Waals surface area contributed by atoms with E-state index >= 15 is 0 Å². The molecule has 1 aromatic rings. The number of benzene rings is 1. The van der Waals surface area contributed by atoms with Gasteiger partial charge < -0.3 is 15.5 Å². The lowest BCUT2D eigenvalue weighted by Gasteiger charge is -2.33. The second-order valence-corrected chi connectivity index (χ2v) is 6.44. The minimum atomic E-state index is -0.333. The van der Waals surface area contributed by atoms with Crippen LogP contribution < -0.4 is 15.5 Å². The van der Waals surface area contributed by atoms with Crippen LogP contribution in [0.1, 0.15) is 24.0 Å². The number of hydrogen-bond donors (Lipinski definition) is 1. The number of nitrogens with zero attached hydrogens (tertiary/aromatic N) is 2. The molecule has 1 amide bonds. The normalized spacial score (nSPS) is 20.9. The molecule has 0 spiro atoms. The van der Waals surface area contributed by atoms with E-state index in [2.05, 4.69) is 13.2 Å². The second-order valence-electron chi connectivity index (χ2n) is 6.44. The fourth-order valence-corrected chi connectivity index (χ4v) is 3.58. The molecule has 1 atom stereocenters. The highest BCUT2D eigenvalue weighted by atomic mass is 19.1. The largest absolute Gasteiger partial charge is 0.369 e. The Bertz CT molecular complexity index is 725. The molecule has 0 saturated carbocycles. The van der Waals surface area contributed by atoms with Gasteiger partial charge >= 0.3 is 0 Å². The Hall–Kier alpha value is -2.30. The molecule has 0 aliphatic carbocycles. The molecule has 2 N–H and O–H groups in total. The SMILES string of the molecule is C=C1CCc2c(C)c(N3CC(C(N)=O)CC3=C)cc(F)c2N1C. The predicted molar refractivity (Wildman–Crippen MR) is 90.8 cm³/mol. The van der Waals surface area contributed by atoms with Crippen molar-refractivity contribution in [3.05, 3.63) is 47.6 Å². The van der Waals surface area contributed by atoms with E-state index in [0.717, 1.165) is 41.1 Å². The van der Waals surface area contributed by atoms with Crippen molar-refractivity contribution in [1.82, 2.24) is 0 Å². The number of nitrogens with two attached hydrogens (primary N) is 1. The highest BCUT2D eigenvalue weighted by Crippen LogP contribution is 2.42. The smallest absolute Gasteiger partial charge is 0.222 e. The molecular weight excluding hydrogens is 293 g/mol. The van der Waals surface area contributed by atoms with Gasteiger partial charge in [0.1, 0.15) is 5.82 Å².